The Balaban J connectivity index is 2.33. The van der Waals surface area contributed by atoms with Gasteiger partial charge in [-0.25, -0.2) is 0 Å². The molecule has 2 N–H and O–H groups in total. The number of amides is 1. The molecule has 5 heteroatoms. The van der Waals surface area contributed by atoms with Gasteiger partial charge in [0.15, 0.2) is 5.78 Å². The highest BCUT2D eigenvalue weighted by Gasteiger charge is 2.25. The van der Waals surface area contributed by atoms with E-state index in [1.165, 1.54) is 37.0 Å². The summed E-state index contributed by atoms with van der Waals surface area (Å²) in [6.07, 6.45) is 7.52. The van der Waals surface area contributed by atoms with Crippen molar-refractivity contribution in [1.29, 1.82) is 0 Å². The van der Waals surface area contributed by atoms with Crippen molar-refractivity contribution in [3.05, 3.63) is 22.4 Å². The van der Waals surface area contributed by atoms with Crippen molar-refractivity contribution in [1.82, 2.24) is 5.32 Å². The number of carbonyl (C=O) groups is 2. The Morgan fingerprint density at radius 1 is 1.17 bits per heavy atom. The molecule has 0 saturated carbocycles. The van der Waals surface area contributed by atoms with Crippen LogP contribution in [0.2, 0.25) is 0 Å². The molecule has 1 aromatic heterocycles. The quantitative estimate of drug-likeness (QED) is 0.567. The van der Waals surface area contributed by atoms with Gasteiger partial charge in [0.2, 0.25) is 0 Å². The predicted octanol–water partition coefficient (Wildman–Crippen LogP) is 3.94. The van der Waals surface area contributed by atoms with Gasteiger partial charge in [-0.15, -0.1) is 11.3 Å². The number of ketones is 1. The number of hydrogen-bond donors (Lipinski definition) is 2. The largest absolute Gasteiger partial charge is 0.391 e. The van der Waals surface area contributed by atoms with Crippen LogP contribution in [-0.4, -0.2) is 28.9 Å². The van der Waals surface area contributed by atoms with Crippen molar-refractivity contribution in [2.24, 2.45) is 0 Å². The summed E-state index contributed by atoms with van der Waals surface area (Å²) in [5, 5.41) is 14.3. The number of thiophene rings is 1. The molecule has 2 atom stereocenters. The number of aliphatic hydroxyl groups is 1. The van der Waals surface area contributed by atoms with E-state index >= 15 is 0 Å². The van der Waals surface area contributed by atoms with E-state index in [1.54, 1.807) is 19.1 Å². The monoisotopic (exact) mass is 339 g/mol. The molecule has 1 rings (SSSR count). The third kappa shape index (κ3) is 7.75. The Labute approximate surface area is 143 Å². The Kier molecular flexibility index (Phi) is 9.80. The number of carbonyl (C=O) groups excluding carboxylic acids is 2. The Hall–Kier alpha value is -1.20. The van der Waals surface area contributed by atoms with Crippen LogP contribution < -0.4 is 5.32 Å². The zero-order chi connectivity index (χ0) is 17.1. The van der Waals surface area contributed by atoms with E-state index in [9.17, 15) is 14.7 Å². The number of aliphatic hydroxyl groups excluding tert-OH is 1. The summed E-state index contributed by atoms with van der Waals surface area (Å²) in [4.78, 5) is 24.8. The second kappa shape index (κ2) is 11.4. The zero-order valence-corrected chi connectivity index (χ0v) is 15.0. The third-order valence-electron chi connectivity index (χ3n) is 3.89. The molecule has 0 aliphatic carbocycles. The minimum absolute atomic E-state index is 0.0848. The average molecular weight is 340 g/mol. The molecule has 4 nitrogen and oxygen atoms in total. The van der Waals surface area contributed by atoms with Gasteiger partial charge >= 0.3 is 0 Å². The first-order valence-electron chi connectivity index (χ1n) is 8.61. The van der Waals surface area contributed by atoms with Crippen LogP contribution in [0.4, 0.5) is 0 Å². The maximum Gasteiger partial charge on any atom is 0.262 e. The molecule has 1 amide bonds. The van der Waals surface area contributed by atoms with Gasteiger partial charge in [-0.2, -0.15) is 0 Å². The maximum atomic E-state index is 12.3. The molecule has 23 heavy (non-hydrogen) atoms. The number of Topliss-reactive ketones (excluding diaryl/α,β-unsaturated/α-hetero) is 1. The topological polar surface area (TPSA) is 66.4 Å². The zero-order valence-electron chi connectivity index (χ0n) is 14.2. The van der Waals surface area contributed by atoms with Gasteiger partial charge in [0.25, 0.3) is 5.91 Å². The average Bonchev–Trinajstić information content (AvgIpc) is 3.05. The van der Waals surface area contributed by atoms with Gasteiger partial charge in [-0.3, -0.25) is 9.59 Å². The van der Waals surface area contributed by atoms with Gasteiger partial charge in [0.05, 0.1) is 11.0 Å². The normalized spacial score (nSPS) is 13.5. The van der Waals surface area contributed by atoms with E-state index in [-0.39, 0.29) is 11.7 Å². The predicted molar refractivity (Wildman–Crippen MR) is 94.9 cm³/mol. The number of nitrogens with one attached hydrogen (secondary N) is 1. The lowest BCUT2D eigenvalue weighted by Gasteiger charge is -2.20. The number of rotatable bonds is 12. The van der Waals surface area contributed by atoms with Gasteiger partial charge < -0.3 is 10.4 Å². The third-order valence-corrected chi connectivity index (χ3v) is 4.76. The SMILES string of the molecule is CCCCCCCCCC(=O)[C@@H](NC(=O)c1cccs1)[C@@H](C)O. The van der Waals surface area contributed by atoms with Crippen molar-refractivity contribution < 1.29 is 14.7 Å². The summed E-state index contributed by atoms with van der Waals surface area (Å²) >= 11 is 1.32. The van der Waals surface area contributed by atoms with E-state index < -0.39 is 12.1 Å². The molecule has 0 unspecified atom stereocenters. The van der Waals surface area contributed by atoms with Crippen LogP contribution in [0.5, 0.6) is 0 Å². The van der Waals surface area contributed by atoms with Crippen molar-refractivity contribution in [2.75, 3.05) is 0 Å². The van der Waals surface area contributed by atoms with Crippen LogP contribution >= 0.6 is 11.3 Å². The summed E-state index contributed by atoms with van der Waals surface area (Å²) < 4.78 is 0. The first kappa shape index (κ1) is 19.8. The number of hydrogen-bond acceptors (Lipinski definition) is 4. The smallest absolute Gasteiger partial charge is 0.262 e. The second-order valence-electron chi connectivity index (χ2n) is 6.01. The fourth-order valence-electron chi connectivity index (χ4n) is 2.50. The van der Waals surface area contributed by atoms with E-state index in [0.717, 1.165) is 19.3 Å². The molecule has 0 bridgehead atoms. The van der Waals surface area contributed by atoms with E-state index in [4.69, 9.17) is 0 Å². The lowest BCUT2D eigenvalue weighted by molar-refractivity contribution is -0.123. The van der Waals surface area contributed by atoms with Crippen molar-refractivity contribution in [2.45, 2.75) is 77.4 Å². The van der Waals surface area contributed by atoms with Crippen LogP contribution in [0.3, 0.4) is 0 Å². The van der Waals surface area contributed by atoms with E-state index in [0.29, 0.717) is 11.3 Å². The Morgan fingerprint density at radius 3 is 2.39 bits per heavy atom. The summed E-state index contributed by atoms with van der Waals surface area (Å²) in [5.41, 5.74) is 0. The van der Waals surface area contributed by atoms with E-state index in [2.05, 4.69) is 12.2 Å². The standard InChI is InChI=1S/C18H29NO3S/c1-3-4-5-6-7-8-9-11-15(21)17(14(2)20)19-18(22)16-12-10-13-23-16/h10,12-14,17,20H,3-9,11H2,1-2H3,(H,19,22)/t14-,17+/m1/s1. The fraction of sp³-hybridized carbons (Fsp3) is 0.667. The molecule has 1 heterocycles. The molecule has 0 aromatic carbocycles. The molecule has 0 fully saturated rings. The first-order chi connectivity index (χ1) is 11.1. The van der Waals surface area contributed by atoms with Crippen LogP contribution in [0.1, 0.15) is 74.9 Å². The molecular formula is C18H29NO3S. The van der Waals surface area contributed by atoms with Crippen molar-refractivity contribution in [3.63, 3.8) is 0 Å². The highest BCUT2D eigenvalue weighted by atomic mass is 32.1. The number of unbranched alkanes of at least 4 members (excludes halogenated alkanes) is 6. The van der Waals surface area contributed by atoms with Gasteiger partial charge in [0, 0.05) is 6.42 Å². The Bertz CT molecular complexity index is 457. The lowest BCUT2D eigenvalue weighted by atomic mass is 10.0. The minimum atomic E-state index is -0.879. The molecule has 0 aliphatic heterocycles. The molecule has 0 saturated heterocycles. The molecular weight excluding hydrogens is 310 g/mol. The molecule has 0 radical (unpaired) electrons. The second-order valence-corrected chi connectivity index (χ2v) is 6.95. The fourth-order valence-corrected chi connectivity index (χ4v) is 3.13. The first-order valence-corrected chi connectivity index (χ1v) is 9.49. The van der Waals surface area contributed by atoms with Crippen LogP contribution in [-0.2, 0) is 4.79 Å². The molecule has 130 valence electrons. The van der Waals surface area contributed by atoms with Crippen LogP contribution in [0, 0.1) is 0 Å². The van der Waals surface area contributed by atoms with E-state index in [1.807, 2.05) is 5.38 Å². The highest BCUT2D eigenvalue weighted by molar-refractivity contribution is 7.12. The minimum Gasteiger partial charge on any atom is -0.391 e. The molecule has 0 spiro atoms. The van der Waals surface area contributed by atoms with Gasteiger partial charge in [0.1, 0.15) is 6.04 Å². The summed E-state index contributed by atoms with van der Waals surface area (Å²) in [6.45, 7) is 3.74. The summed E-state index contributed by atoms with van der Waals surface area (Å²) in [5.74, 6) is -0.378. The molecule has 0 aliphatic rings. The molecule has 1 aromatic rings. The lowest BCUT2D eigenvalue weighted by Crippen LogP contribution is -2.47. The van der Waals surface area contributed by atoms with Gasteiger partial charge in [-0.1, -0.05) is 51.5 Å². The van der Waals surface area contributed by atoms with Gasteiger partial charge in [-0.05, 0) is 24.8 Å². The Morgan fingerprint density at radius 2 is 1.83 bits per heavy atom. The summed E-state index contributed by atoms with van der Waals surface area (Å²) in [6, 6.07) is 2.68. The highest BCUT2D eigenvalue weighted by Crippen LogP contribution is 2.12. The summed E-state index contributed by atoms with van der Waals surface area (Å²) in [7, 11) is 0. The van der Waals surface area contributed by atoms with Crippen molar-refractivity contribution in [3.8, 4) is 0 Å². The maximum absolute atomic E-state index is 12.3. The van der Waals surface area contributed by atoms with Crippen molar-refractivity contribution >= 4 is 23.0 Å². The van der Waals surface area contributed by atoms with Crippen LogP contribution in [0.15, 0.2) is 17.5 Å². The van der Waals surface area contributed by atoms with Crippen LogP contribution in [0.25, 0.3) is 0 Å².